The normalized spacial score (nSPS) is 10.7. The number of aliphatic carboxylic acids is 1. The summed E-state index contributed by atoms with van der Waals surface area (Å²) in [6.45, 7) is 1.25. The van der Waals surface area contributed by atoms with Crippen LogP contribution in [-0.2, 0) is 11.8 Å². The number of carbonyl (C=O) groups excluding carboxylic acids is 1. The molecule has 0 aliphatic rings. The lowest BCUT2D eigenvalue weighted by molar-refractivity contribution is -0.135. The summed E-state index contributed by atoms with van der Waals surface area (Å²) in [5, 5.41) is 21.2. The molecular formula is C18H16N4O5. The second kappa shape index (κ2) is 6.87. The van der Waals surface area contributed by atoms with E-state index < -0.39 is 35.3 Å². The van der Waals surface area contributed by atoms with Crippen LogP contribution in [0.5, 0.6) is 5.75 Å². The summed E-state index contributed by atoms with van der Waals surface area (Å²) in [6, 6.07) is 7.48. The summed E-state index contributed by atoms with van der Waals surface area (Å²) in [4.78, 5) is 43.8. The van der Waals surface area contributed by atoms with Gasteiger partial charge in [0.2, 0.25) is 0 Å². The molecule has 27 heavy (non-hydrogen) atoms. The van der Waals surface area contributed by atoms with E-state index in [0.717, 1.165) is 15.7 Å². The Morgan fingerprint density at radius 2 is 2.04 bits per heavy atom. The van der Waals surface area contributed by atoms with Crippen molar-refractivity contribution in [1.29, 1.82) is 0 Å². The maximum atomic E-state index is 12.5. The minimum atomic E-state index is -1.27. The Balaban J connectivity index is 2.16. The van der Waals surface area contributed by atoms with Crippen LogP contribution in [-0.4, -0.2) is 43.2 Å². The second-order valence-electron chi connectivity index (χ2n) is 5.96. The molecule has 2 heterocycles. The number of nitrogens with zero attached hydrogens (tertiary/aromatic N) is 3. The van der Waals surface area contributed by atoms with E-state index in [4.69, 9.17) is 5.11 Å². The number of carboxylic acids is 1. The van der Waals surface area contributed by atoms with Crippen LogP contribution in [0.2, 0.25) is 0 Å². The fourth-order valence-corrected chi connectivity index (χ4v) is 2.67. The van der Waals surface area contributed by atoms with E-state index in [9.17, 15) is 19.5 Å². The zero-order chi connectivity index (χ0) is 19.7. The molecule has 0 saturated carbocycles. The fraction of sp³-hybridized carbons (Fsp3) is 0.167. The van der Waals surface area contributed by atoms with E-state index in [1.165, 1.54) is 13.2 Å². The van der Waals surface area contributed by atoms with Gasteiger partial charge in [0.05, 0.1) is 5.39 Å². The van der Waals surface area contributed by atoms with Crippen LogP contribution >= 0.6 is 0 Å². The topological polar surface area (TPSA) is 134 Å². The van der Waals surface area contributed by atoms with Crippen molar-refractivity contribution in [2.24, 2.45) is 7.05 Å². The van der Waals surface area contributed by atoms with Gasteiger partial charge in [-0.25, -0.2) is 9.97 Å². The van der Waals surface area contributed by atoms with Gasteiger partial charge >= 0.3 is 5.97 Å². The molecule has 0 unspecified atom stereocenters. The second-order valence-corrected chi connectivity index (χ2v) is 5.96. The number of amides is 1. The summed E-state index contributed by atoms with van der Waals surface area (Å²) < 4.78 is 1.12. The van der Waals surface area contributed by atoms with Gasteiger partial charge in [0.1, 0.15) is 23.5 Å². The molecule has 3 aromatic rings. The Morgan fingerprint density at radius 1 is 1.30 bits per heavy atom. The maximum Gasteiger partial charge on any atom is 0.322 e. The van der Waals surface area contributed by atoms with Crippen molar-refractivity contribution < 1.29 is 19.8 Å². The van der Waals surface area contributed by atoms with Gasteiger partial charge in [-0.05, 0) is 13.0 Å². The van der Waals surface area contributed by atoms with Gasteiger partial charge in [-0.1, -0.05) is 23.8 Å². The van der Waals surface area contributed by atoms with Crippen molar-refractivity contribution in [2.75, 3.05) is 6.54 Å². The quantitative estimate of drug-likeness (QED) is 0.621. The third-order valence-corrected chi connectivity index (χ3v) is 4.00. The van der Waals surface area contributed by atoms with Crippen LogP contribution in [0.25, 0.3) is 22.4 Å². The van der Waals surface area contributed by atoms with Crippen LogP contribution in [0, 0.1) is 6.92 Å². The van der Waals surface area contributed by atoms with Gasteiger partial charge < -0.3 is 15.5 Å². The number of benzene rings is 1. The summed E-state index contributed by atoms with van der Waals surface area (Å²) in [7, 11) is 1.41. The first-order valence-corrected chi connectivity index (χ1v) is 7.95. The standard InChI is InChI=1S/C18H16N4O5/c1-9-4-3-5-10(6-9)15-19-7-11-14(25)13(17(26)20-8-12(23)24)18(27)22(2)16(11)21-15/h3-7,25H,8H2,1-2H3,(H,20,26)(H,23,24). The fourth-order valence-electron chi connectivity index (χ4n) is 2.67. The Bertz CT molecular complexity index is 1140. The molecule has 3 rings (SSSR count). The number of nitrogens with one attached hydrogen (secondary N) is 1. The first kappa shape index (κ1) is 18.1. The molecule has 0 aliphatic carbocycles. The molecule has 3 N–H and O–H groups in total. The molecule has 138 valence electrons. The summed E-state index contributed by atoms with van der Waals surface area (Å²) in [5.41, 5.74) is 0.555. The highest BCUT2D eigenvalue weighted by atomic mass is 16.4. The van der Waals surface area contributed by atoms with Crippen LogP contribution < -0.4 is 10.9 Å². The van der Waals surface area contributed by atoms with E-state index in [-0.39, 0.29) is 11.0 Å². The molecule has 0 fully saturated rings. The van der Waals surface area contributed by atoms with Gasteiger partial charge in [-0.3, -0.25) is 19.0 Å². The number of aromatic hydroxyl groups is 1. The molecule has 0 saturated heterocycles. The highest BCUT2D eigenvalue weighted by Crippen LogP contribution is 2.26. The first-order chi connectivity index (χ1) is 12.8. The number of carboxylic acid groups (broad SMARTS) is 1. The Kier molecular flexibility index (Phi) is 4.59. The molecule has 0 spiro atoms. The summed E-state index contributed by atoms with van der Waals surface area (Å²) >= 11 is 0. The monoisotopic (exact) mass is 368 g/mol. The molecule has 1 amide bonds. The zero-order valence-electron chi connectivity index (χ0n) is 14.6. The largest absolute Gasteiger partial charge is 0.506 e. The third kappa shape index (κ3) is 3.34. The van der Waals surface area contributed by atoms with Crippen molar-refractivity contribution in [3.8, 4) is 17.1 Å². The lowest BCUT2D eigenvalue weighted by Crippen LogP contribution is -2.35. The lowest BCUT2D eigenvalue weighted by Gasteiger charge is -2.11. The molecule has 1 aromatic carbocycles. The highest BCUT2D eigenvalue weighted by Gasteiger charge is 2.22. The minimum absolute atomic E-state index is 0.106. The number of fused-ring (bicyclic) bond motifs is 1. The van der Waals surface area contributed by atoms with Crippen molar-refractivity contribution in [1.82, 2.24) is 19.9 Å². The van der Waals surface area contributed by atoms with E-state index in [1.54, 1.807) is 0 Å². The van der Waals surface area contributed by atoms with Gasteiger partial charge in [0.25, 0.3) is 11.5 Å². The summed E-state index contributed by atoms with van der Waals surface area (Å²) in [6.07, 6.45) is 1.32. The Hall–Kier alpha value is -3.75. The van der Waals surface area contributed by atoms with Gasteiger partial charge in [-0.15, -0.1) is 0 Å². The molecule has 0 aliphatic heterocycles. The van der Waals surface area contributed by atoms with Gasteiger partial charge in [0, 0.05) is 18.8 Å². The Labute approximate surface area is 152 Å². The average Bonchev–Trinajstić information content (AvgIpc) is 2.64. The zero-order valence-corrected chi connectivity index (χ0v) is 14.6. The van der Waals surface area contributed by atoms with Crippen LogP contribution in [0.3, 0.4) is 0 Å². The predicted molar refractivity (Wildman–Crippen MR) is 96.6 cm³/mol. The minimum Gasteiger partial charge on any atom is -0.506 e. The van der Waals surface area contributed by atoms with Crippen molar-refractivity contribution >= 4 is 22.9 Å². The molecule has 9 nitrogen and oxygen atoms in total. The summed E-state index contributed by atoms with van der Waals surface area (Å²) in [5.74, 6) is -2.48. The van der Waals surface area contributed by atoms with Crippen LogP contribution in [0.4, 0.5) is 0 Å². The lowest BCUT2D eigenvalue weighted by atomic mass is 10.1. The molecule has 0 bridgehead atoms. The average molecular weight is 368 g/mol. The number of aryl methyl sites for hydroxylation is 2. The van der Waals surface area contributed by atoms with E-state index in [1.807, 2.05) is 31.2 Å². The number of pyridine rings is 1. The maximum absolute atomic E-state index is 12.5. The molecule has 9 heteroatoms. The third-order valence-electron chi connectivity index (χ3n) is 4.00. The van der Waals surface area contributed by atoms with E-state index in [0.29, 0.717) is 5.82 Å². The number of aromatic nitrogens is 3. The van der Waals surface area contributed by atoms with Crippen molar-refractivity contribution in [3.05, 3.63) is 51.9 Å². The van der Waals surface area contributed by atoms with Crippen molar-refractivity contribution in [3.63, 3.8) is 0 Å². The molecule has 0 atom stereocenters. The first-order valence-electron chi connectivity index (χ1n) is 7.95. The van der Waals surface area contributed by atoms with Crippen LogP contribution in [0.15, 0.2) is 35.3 Å². The SMILES string of the molecule is Cc1cccc(-c2ncc3c(O)c(C(=O)NCC(=O)O)c(=O)n(C)c3n2)c1. The van der Waals surface area contributed by atoms with E-state index >= 15 is 0 Å². The predicted octanol–water partition coefficient (Wildman–Crippen LogP) is 0.824. The smallest absolute Gasteiger partial charge is 0.322 e. The van der Waals surface area contributed by atoms with Crippen LogP contribution in [0.1, 0.15) is 15.9 Å². The number of hydrogen-bond donors (Lipinski definition) is 3. The molecule has 0 radical (unpaired) electrons. The van der Waals surface area contributed by atoms with Crippen molar-refractivity contribution in [2.45, 2.75) is 6.92 Å². The van der Waals surface area contributed by atoms with Gasteiger partial charge in [0.15, 0.2) is 5.82 Å². The molecular weight excluding hydrogens is 352 g/mol. The number of rotatable bonds is 4. The van der Waals surface area contributed by atoms with Gasteiger partial charge in [-0.2, -0.15) is 0 Å². The number of carbonyl (C=O) groups is 2. The van der Waals surface area contributed by atoms with E-state index in [2.05, 4.69) is 15.3 Å². The Morgan fingerprint density at radius 3 is 2.70 bits per heavy atom. The number of hydrogen-bond acceptors (Lipinski definition) is 6. The molecule has 2 aromatic heterocycles. The highest BCUT2D eigenvalue weighted by molar-refractivity contribution is 6.02.